The summed E-state index contributed by atoms with van der Waals surface area (Å²) in [5.41, 5.74) is 0. The van der Waals surface area contributed by atoms with E-state index in [1.165, 1.54) is 6.08 Å². The first kappa shape index (κ1) is 7.65. The van der Waals surface area contributed by atoms with Crippen LogP contribution in [0, 0.1) is 0 Å². The zero-order chi connectivity index (χ0) is 6.62. The van der Waals surface area contributed by atoms with E-state index in [1.54, 1.807) is 0 Å². The fourth-order valence-electron chi connectivity index (χ4n) is 0.218. The Kier molecular flexibility index (Phi) is 2.71. The molecule has 0 aromatic carbocycles. The van der Waals surface area contributed by atoms with E-state index in [4.69, 9.17) is 5.11 Å². The van der Waals surface area contributed by atoms with Gasteiger partial charge in [0.1, 0.15) is 0 Å². The first-order valence-corrected chi connectivity index (χ1v) is 3.99. The highest BCUT2D eigenvalue weighted by Crippen LogP contribution is 1.82. The molecule has 0 aromatic heterocycles. The second-order valence-electron chi connectivity index (χ2n) is 1.38. The predicted molar refractivity (Wildman–Crippen MR) is 31.1 cm³/mol. The summed E-state index contributed by atoms with van der Waals surface area (Å²) in [6.07, 6.45) is 2.24. The third-order valence-corrected chi connectivity index (χ3v) is 1.14. The standard InChI is InChI=1S/C4H8O3S/c1-8(6,7)4-2-3-5/h2,4-5H,3H2,1H3/b4-2+. The number of rotatable bonds is 2. The largest absolute Gasteiger partial charge is 0.392 e. The lowest BCUT2D eigenvalue weighted by Crippen LogP contribution is -1.88. The molecule has 8 heavy (non-hydrogen) atoms. The lowest BCUT2D eigenvalue weighted by molar-refractivity contribution is 0.343. The van der Waals surface area contributed by atoms with Crippen LogP contribution in [0.15, 0.2) is 11.5 Å². The maximum absolute atomic E-state index is 10.2. The van der Waals surface area contributed by atoms with Crippen LogP contribution in [0.2, 0.25) is 0 Å². The Bertz CT molecular complexity index is 166. The summed E-state index contributed by atoms with van der Waals surface area (Å²) in [6.45, 7) is -0.229. The lowest BCUT2D eigenvalue weighted by atomic mass is 10.7. The Morgan fingerprint density at radius 1 is 1.62 bits per heavy atom. The maximum atomic E-state index is 10.2. The molecule has 0 unspecified atom stereocenters. The van der Waals surface area contributed by atoms with Crippen molar-refractivity contribution >= 4 is 9.84 Å². The summed E-state index contributed by atoms with van der Waals surface area (Å²) in [5.74, 6) is 0. The van der Waals surface area contributed by atoms with Crippen LogP contribution >= 0.6 is 0 Å². The van der Waals surface area contributed by atoms with Crippen LogP contribution in [0.1, 0.15) is 0 Å². The molecule has 0 fully saturated rings. The highest BCUT2D eigenvalue weighted by Gasteiger charge is 1.88. The Morgan fingerprint density at radius 2 is 2.12 bits per heavy atom. The van der Waals surface area contributed by atoms with E-state index in [0.29, 0.717) is 0 Å². The molecule has 0 amide bonds. The minimum Gasteiger partial charge on any atom is -0.392 e. The maximum Gasteiger partial charge on any atom is 0.168 e. The van der Waals surface area contributed by atoms with E-state index >= 15 is 0 Å². The van der Waals surface area contributed by atoms with Gasteiger partial charge in [0, 0.05) is 11.7 Å². The highest BCUT2D eigenvalue weighted by atomic mass is 32.2. The fourth-order valence-corrected chi connectivity index (χ4v) is 0.653. The molecule has 0 spiro atoms. The van der Waals surface area contributed by atoms with Gasteiger partial charge in [-0.05, 0) is 6.08 Å². The van der Waals surface area contributed by atoms with E-state index in [0.717, 1.165) is 11.7 Å². The first-order chi connectivity index (χ1) is 3.56. The van der Waals surface area contributed by atoms with Gasteiger partial charge >= 0.3 is 0 Å². The van der Waals surface area contributed by atoms with Crippen LogP contribution in [-0.2, 0) is 9.84 Å². The topological polar surface area (TPSA) is 54.4 Å². The van der Waals surface area contributed by atoms with Crippen LogP contribution in [0.5, 0.6) is 0 Å². The molecule has 1 N–H and O–H groups in total. The minimum absolute atomic E-state index is 0.229. The van der Waals surface area contributed by atoms with Crippen LogP contribution in [0.25, 0.3) is 0 Å². The Balaban J connectivity index is 3.92. The van der Waals surface area contributed by atoms with E-state index in [1.807, 2.05) is 0 Å². The summed E-state index contributed by atoms with van der Waals surface area (Å²) in [5, 5.41) is 9.04. The van der Waals surface area contributed by atoms with E-state index < -0.39 is 9.84 Å². The average molecular weight is 136 g/mol. The third kappa shape index (κ3) is 5.65. The molecule has 0 radical (unpaired) electrons. The number of aliphatic hydroxyl groups is 1. The van der Waals surface area contributed by atoms with E-state index in [9.17, 15) is 8.42 Å². The molecule has 0 aromatic rings. The fraction of sp³-hybridized carbons (Fsp3) is 0.500. The van der Waals surface area contributed by atoms with Crippen molar-refractivity contribution in [3.05, 3.63) is 11.5 Å². The number of sulfone groups is 1. The Hall–Kier alpha value is -0.350. The second-order valence-corrected chi connectivity index (χ2v) is 3.32. The highest BCUT2D eigenvalue weighted by molar-refractivity contribution is 7.93. The SMILES string of the molecule is CS(=O)(=O)/C=C/CO. The van der Waals surface area contributed by atoms with Crippen LogP contribution in [0.3, 0.4) is 0 Å². The van der Waals surface area contributed by atoms with Crippen molar-refractivity contribution in [2.24, 2.45) is 0 Å². The molecule has 0 saturated heterocycles. The van der Waals surface area contributed by atoms with Gasteiger partial charge in [0.25, 0.3) is 0 Å². The summed E-state index contributed by atoms with van der Waals surface area (Å²) >= 11 is 0. The smallest absolute Gasteiger partial charge is 0.168 e. The average Bonchev–Trinajstić information content (AvgIpc) is 1.59. The van der Waals surface area contributed by atoms with E-state index in [-0.39, 0.29) is 6.61 Å². The van der Waals surface area contributed by atoms with Crippen molar-refractivity contribution in [2.45, 2.75) is 0 Å². The number of hydrogen-bond donors (Lipinski definition) is 1. The monoisotopic (exact) mass is 136 g/mol. The molecule has 48 valence electrons. The second kappa shape index (κ2) is 2.84. The van der Waals surface area contributed by atoms with Crippen molar-refractivity contribution in [3.8, 4) is 0 Å². The van der Waals surface area contributed by atoms with Gasteiger partial charge in [-0.1, -0.05) is 0 Å². The molecule has 0 atom stereocenters. The summed E-state index contributed by atoms with van der Waals surface area (Å²) in [7, 11) is -3.03. The van der Waals surface area contributed by atoms with Crippen molar-refractivity contribution < 1.29 is 13.5 Å². The molecule has 0 aliphatic heterocycles. The summed E-state index contributed by atoms with van der Waals surface area (Å²) in [4.78, 5) is 0. The molecular formula is C4H8O3S. The zero-order valence-electron chi connectivity index (χ0n) is 4.53. The molecule has 0 bridgehead atoms. The third-order valence-electron chi connectivity index (χ3n) is 0.449. The zero-order valence-corrected chi connectivity index (χ0v) is 5.35. The summed E-state index contributed by atoms with van der Waals surface area (Å²) < 4.78 is 20.4. The van der Waals surface area contributed by atoms with Crippen molar-refractivity contribution in [2.75, 3.05) is 12.9 Å². The molecule has 0 aliphatic rings. The summed E-state index contributed by atoms with van der Waals surface area (Å²) in [6, 6.07) is 0. The Morgan fingerprint density at radius 3 is 2.25 bits per heavy atom. The Labute approximate surface area is 48.6 Å². The van der Waals surface area contributed by atoms with Gasteiger partial charge in [-0.2, -0.15) is 0 Å². The van der Waals surface area contributed by atoms with E-state index in [2.05, 4.69) is 0 Å². The molecule has 0 heterocycles. The first-order valence-electron chi connectivity index (χ1n) is 2.04. The van der Waals surface area contributed by atoms with Gasteiger partial charge in [-0.15, -0.1) is 0 Å². The molecule has 0 aliphatic carbocycles. The van der Waals surface area contributed by atoms with Gasteiger partial charge in [0.05, 0.1) is 6.61 Å². The van der Waals surface area contributed by atoms with Gasteiger partial charge in [-0.3, -0.25) is 0 Å². The molecule has 0 rings (SSSR count). The van der Waals surface area contributed by atoms with Gasteiger partial charge < -0.3 is 5.11 Å². The van der Waals surface area contributed by atoms with Crippen molar-refractivity contribution in [1.82, 2.24) is 0 Å². The van der Waals surface area contributed by atoms with Crippen molar-refractivity contribution in [1.29, 1.82) is 0 Å². The van der Waals surface area contributed by atoms with Crippen LogP contribution in [0.4, 0.5) is 0 Å². The molecule has 0 saturated carbocycles. The minimum atomic E-state index is -3.03. The van der Waals surface area contributed by atoms with Gasteiger partial charge in [-0.25, -0.2) is 8.42 Å². The van der Waals surface area contributed by atoms with Crippen molar-refractivity contribution in [3.63, 3.8) is 0 Å². The number of hydrogen-bond acceptors (Lipinski definition) is 3. The van der Waals surface area contributed by atoms with Gasteiger partial charge in [0.2, 0.25) is 0 Å². The van der Waals surface area contributed by atoms with Crippen LogP contribution < -0.4 is 0 Å². The normalized spacial score (nSPS) is 12.8. The van der Waals surface area contributed by atoms with Gasteiger partial charge in [0.15, 0.2) is 9.84 Å². The molecule has 4 heteroatoms. The molecule has 3 nitrogen and oxygen atoms in total. The lowest BCUT2D eigenvalue weighted by Gasteiger charge is -1.80. The predicted octanol–water partition coefficient (Wildman–Crippen LogP) is -0.463. The van der Waals surface area contributed by atoms with Crippen LogP contribution in [-0.4, -0.2) is 26.4 Å². The number of aliphatic hydroxyl groups excluding tert-OH is 1. The molecular weight excluding hydrogens is 128 g/mol. The quantitative estimate of drug-likeness (QED) is 0.558.